The van der Waals surface area contributed by atoms with Gasteiger partial charge in [-0.25, -0.2) is 8.42 Å². The maximum absolute atomic E-state index is 12.5. The molecule has 1 unspecified atom stereocenters. The number of thioether (sulfide) groups is 1. The fourth-order valence-corrected chi connectivity index (χ4v) is 3.95. The van der Waals surface area contributed by atoms with E-state index in [2.05, 4.69) is 10.0 Å². The normalized spacial score (nSPS) is 12.6. The molecule has 0 aliphatic rings. The molecule has 134 valence electrons. The first-order chi connectivity index (χ1) is 11.9. The fourth-order valence-electron chi connectivity index (χ4n) is 2.10. The third-order valence-corrected chi connectivity index (χ3v) is 5.77. The van der Waals surface area contributed by atoms with Crippen LogP contribution in [-0.4, -0.2) is 32.4 Å². The highest BCUT2D eigenvalue weighted by atomic mass is 35.5. The molecule has 1 atom stereocenters. The van der Waals surface area contributed by atoms with E-state index in [-0.39, 0.29) is 4.90 Å². The highest BCUT2D eigenvalue weighted by molar-refractivity contribution is 7.98. The minimum atomic E-state index is -3.78. The third-order valence-electron chi connectivity index (χ3n) is 3.39. The summed E-state index contributed by atoms with van der Waals surface area (Å²) in [6.07, 6.45) is 2.28. The van der Waals surface area contributed by atoms with E-state index in [1.165, 1.54) is 12.1 Å². The van der Waals surface area contributed by atoms with Gasteiger partial charge in [0.25, 0.3) is 0 Å². The Labute approximate surface area is 157 Å². The van der Waals surface area contributed by atoms with Crippen molar-refractivity contribution in [1.82, 2.24) is 4.72 Å². The van der Waals surface area contributed by atoms with E-state index in [9.17, 15) is 13.2 Å². The molecule has 1 amide bonds. The highest BCUT2D eigenvalue weighted by Crippen LogP contribution is 2.15. The predicted octanol–water partition coefficient (Wildman–Crippen LogP) is 3.38. The van der Waals surface area contributed by atoms with Gasteiger partial charge in [0, 0.05) is 10.7 Å². The van der Waals surface area contributed by atoms with Crippen LogP contribution in [0.4, 0.5) is 5.69 Å². The van der Waals surface area contributed by atoms with E-state index in [1.54, 1.807) is 54.2 Å². The first-order valence-electron chi connectivity index (χ1n) is 7.55. The van der Waals surface area contributed by atoms with E-state index < -0.39 is 22.0 Å². The molecule has 0 aromatic heterocycles. The summed E-state index contributed by atoms with van der Waals surface area (Å²) in [6, 6.07) is 13.8. The van der Waals surface area contributed by atoms with Gasteiger partial charge in [-0.15, -0.1) is 0 Å². The number of sulfonamides is 1. The van der Waals surface area contributed by atoms with Crippen LogP contribution in [0.5, 0.6) is 0 Å². The van der Waals surface area contributed by atoms with Crippen molar-refractivity contribution >= 4 is 45.0 Å². The number of hydrogen-bond donors (Lipinski definition) is 2. The second kappa shape index (κ2) is 9.24. The van der Waals surface area contributed by atoms with E-state index >= 15 is 0 Å². The summed E-state index contributed by atoms with van der Waals surface area (Å²) in [5.41, 5.74) is 0.558. The minimum absolute atomic E-state index is 0.128. The SMILES string of the molecule is CSCCC(NS(=O)(=O)c1ccccc1)C(=O)Nc1ccc(Cl)cc1. The highest BCUT2D eigenvalue weighted by Gasteiger charge is 2.25. The van der Waals surface area contributed by atoms with Crippen LogP contribution in [0.25, 0.3) is 0 Å². The van der Waals surface area contributed by atoms with E-state index in [0.29, 0.717) is 22.9 Å². The van der Waals surface area contributed by atoms with Gasteiger partial charge in [0.05, 0.1) is 4.90 Å². The lowest BCUT2D eigenvalue weighted by molar-refractivity contribution is -0.117. The monoisotopic (exact) mass is 398 g/mol. The first-order valence-corrected chi connectivity index (χ1v) is 10.8. The average molecular weight is 399 g/mol. The van der Waals surface area contributed by atoms with Gasteiger partial charge in [-0.05, 0) is 54.8 Å². The maximum atomic E-state index is 12.5. The molecule has 2 aromatic carbocycles. The Kier molecular flexibility index (Phi) is 7.31. The number of benzene rings is 2. The zero-order valence-corrected chi connectivity index (χ0v) is 16.0. The van der Waals surface area contributed by atoms with Gasteiger partial charge in [0.1, 0.15) is 6.04 Å². The largest absolute Gasteiger partial charge is 0.325 e. The molecule has 25 heavy (non-hydrogen) atoms. The topological polar surface area (TPSA) is 75.3 Å². The summed E-state index contributed by atoms with van der Waals surface area (Å²) in [5, 5.41) is 3.28. The summed E-state index contributed by atoms with van der Waals surface area (Å²) in [4.78, 5) is 12.7. The quantitative estimate of drug-likeness (QED) is 0.714. The van der Waals surface area contributed by atoms with Crippen LogP contribution in [0.15, 0.2) is 59.5 Å². The van der Waals surface area contributed by atoms with Crippen LogP contribution in [0.2, 0.25) is 5.02 Å². The smallest absolute Gasteiger partial charge is 0.242 e. The lowest BCUT2D eigenvalue weighted by atomic mass is 10.2. The number of nitrogens with one attached hydrogen (secondary N) is 2. The second-order valence-electron chi connectivity index (χ2n) is 5.26. The lowest BCUT2D eigenvalue weighted by Gasteiger charge is -2.18. The zero-order valence-electron chi connectivity index (χ0n) is 13.6. The van der Waals surface area contributed by atoms with Crippen molar-refractivity contribution in [2.24, 2.45) is 0 Å². The van der Waals surface area contributed by atoms with Crippen molar-refractivity contribution in [2.45, 2.75) is 17.4 Å². The molecule has 0 saturated carbocycles. The van der Waals surface area contributed by atoms with Crippen LogP contribution >= 0.6 is 23.4 Å². The summed E-state index contributed by atoms with van der Waals surface area (Å²) < 4.78 is 27.5. The molecule has 8 heteroatoms. The van der Waals surface area contributed by atoms with Gasteiger partial charge in [-0.3, -0.25) is 4.79 Å². The molecule has 0 bridgehead atoms. The number of halogens is 1. The molecular weight excluding hydrogens is 380 g/mol. The van der Waals surface area contributed by atoms with Crippen molar-refractivity contribution in [3.8, 4) is 0 Å². The van der Waals surface area contributed by atoms with Crippen molar-refractivity contribution in [1.29, 1.82) is 0 Å². The molecule has 0 fully saturated rings. The van der Waals surface area contributed by atoms with Crippen LogP contribution < -0.4 is 10.0 Å². The van der Waals surface area contributed by atoms with Gasteiger partial charge >= 0.3 is 0 Å². The zero-order chi connectivity index (χ0) is 18.3. The Hall–Kier alpha value is -1.54. The molecule has 0 aliphatic heterocycles. The number of rotatable bonds is 8. The summed E-state index contributed by atoms with van der Waals surface area (Å²) in [6.45, 7) is 0. The van der Waals surface area contributed by atoms with Crippen molar-refractivity contribution in [3.05, 3.63) is 59.6 Å². The summed E-state index contributed by atoms with van der Waals surface area (Å²) in [5.74, 6) is 0.242. The molecule has 5 nitrogen and oxygen atoms in total. The first kappa shape index (κ1) is 19.8. The van der Waals surface area contributed by atoms with Gasteiger partial charge in [0.15, 0.2) is 0 Å². The van der Waals surface area contributed by atoms with Crippen molar-refractivity contribution < 1.29 is 13.2 Å². The standard InChI is InChI=1S/C17H19ClN2O3S2/c1-24-12-11-16(17(21)19-14-9-7-13(18)8-10-14)20-25(22,23)15-5-3-2-4-6-15/h2-10,16,20H,11-12H2,1H3,(H,19,21). The molecule has 0 spiro atoms. The molecule has 2 aromatic rings. The maximum Gasteiger partial charge on any atom is 0.242 e. The number of carbonyl (C=O) groups is 1. The van der Waals surface area contributed by atoms with Crippen LogP contribution in [-0.2, 0) is 14.8 Å². The number of carbonyl (C=O) groups excluding carboxylic acids is 1. The Balaban J connectivity index is 2.14. The molecule has 0 saturated heterocycles. The third kappa shape index (κ3) is 6.04. The predicted molar refractivity (Wildman–Crippen MR) is 104 cm³/mol. The summed E-state index contributed by atoms with van der Waals surface area (Å²) in [7, 11) is -3.78. The Bertz CT molecular complexity index is 796. The Morgan fingerprint density at radius 1 is 1.12 bits per heavy atom. The number of anilines is 1. The van der Waals surface area contributed by atoms with Gasteiger partial charge in [-0.1, -0.05) is 29.8 Å². The number of amides is 1. The molecule has 0 radical (unpaired) electrons. The second-order valence-corrected chi connectivity index (χ2v) is 8.40. The van der Waals surface area contributed by atoms with Gasteiger partial charge in [-0.2, -0.15) is 16.5 Å². The molecule has 2 rings (SSSR count). The molecule has 2 N–H and O–H groups in total. The Morgan fingerprint density at radius 2 is 1.76 bits per heavy atom. The number of hydrogen-bond acceptors (Lipinski definition) is 4. The molecule has 0 aliphatic carbocycles. The van der Waals surface area contributed by atoms with Crippen LogP contribution in [0.1, 0.15) is 6.42 Å². The van der Waals surface area contributed by atoms with E-state index in [0.717, 1.165) is 0 Å². The van der Waals surface area contributed by atoms with Crippen molar-refractivity contribution in [3.63, 3.8) is 0 Å². The van der Waals surface area contributed by atoms with E-state index in [4.69, 9.17) is 11.6 Å². The van der Waals surface area contributed by atoms with Gasteiger partial charge in [0.2, 0.25) is 15.9 Å². The van der Waals surface area contributed by atoms with Crippen molar-refractivity contribution in [2.75, 3.05) is 17.3 Å². The average Bonchev–Trinajstić information content (AvgIpc) is 2.61. The lowest BCUT2D eigenvalue weighted by Crippen LogP contribution is -2.44. The Morgan fingerprint density at radius 3 is 2.36 bits per heavy atom. The minimum Gasteiger partial charge on any atom is -0.325 e. The van der Waals surface area contributed by atoms with Crippen LogP contribution in [0, 0.1) is 0 Å². The van der Waals surface area contributed by atoms with Gasteiger partial charge < -0.3 is 5.32 Å². The molecule has 0 heterocycles. The van der Waals surface area contributed by atoms with E-state index in [1.807, 2.05) is 6.26 Å². The summed E-state index contributed by atoms with van der Waals surface area (Å²) >= 11 is 7.37. The van der Waals surface area contributed by atoms with Crippen LogP contribution in [0.3, 0.4) is 0 Å². The molecular formula is C17H19ClN2O3S2. The fraction of sp³-hybridized carbons (Fsp3) is 0.235.